The zero-order chi connectivity index (χ0) is 20.4. The van der Waals surface area contributed by atoms with Gasteiger partial charge in [0.05, 0.1) is 11.4 Å². The quantitative estimate of drug-likeness (QED) is 0.436. The van der Waals surface area contributed by atoms with E-state index in [2.05, 4.69) is 0 Å². The molecule has 2 amide bonds. The first-order valence-electron chi connectivity index (χ1n) is 8.84. The fourth-order valence-corrected chi connectivity index (χ4v) is 4.34. The molecule has 1 heterocycles. The number of ether oxygens (including phenoxy) is 1. The predicted octanol–water partition coefficient (Wildman–Crippen LogP) is 6.26. The van der Waals surface area contributed by atoms with E-state index in [4.69, 9.17) is 27.9 Å². The van der Waals surface area contributed by atoms with Crippen molar-refractivity contribution >= 4 is 63.0 Å². The maximum atomic E-state index is 12.6. The van der Waals surface area contributed by atoms with Crippen LogP contribution in [-0.2, 0) is 4.79 Å². The van der Waals surface area contributed by atoms with Gasteiger partial charge in [-0.15, -0.1) is 0 Å². The smallest absolute Gasteiger partial charge is 0.293 e. The molecule has 0 N–H and O–H groups in total. The third kappa shape index (κ3) is 4.27. The number of halogens is 2. The number of nitrogens with zero attached hydrogens (tertiary/aromatic N) is 1. The number of hydrogen-bond acceptors (Lipinski definition) is 4. The molecule has 1 saturated heterocycles. The number of carbonyl (C=O) groups is 2. The molecule has 0 aliphatic carbocycles. The summed E-state index contributed by atoms with van der Waals surface area (Å²) in [5.74, 6) is 0.367. The lowest BCUT2D eigenvalue weighted by atomic mass is 10.1. The largest absolute Gasteiger partial charge is 0.491 e. The average Bonchev–Trinajstić information content (AvgIpc) is 2.97. The second-order valence-electron chi connectivity index (χ2n) is 6.32. The Bertz CT molecular complexity index is 1140. The van der Waals surface area contributed by atoms with Crippen LogP contribution in [0.3, 0.4) is 0 Å². The summed E-state index contributed by atoms with van der Waals surface area (Å²) in [7, 11) is 0. The molecule has 3 aromatic carbocycles. The number of rotatable bonds is 5. The van der Waals surface area contributed by atoms with Crippen molar-refractivity contribution in [3.05, 3.63) is 81.2 Å². The Morgan fingerprint density at radius 2 is 1.79 bits per heavy atom. The molecule has 29 heavy (non-hydrogen) atoms. The molecule has 4 nitrogen and oxygen atoms in total. The Kier molecular flexibility index (Phi) is 5.81. The summed E-state index contributed by atoms with van der Waals surface area (Å²) in [4.78, 5) is 26.5. The van der Waals surface area contributed by atoms with Gasteiger partial charge in [-0.05, 0) is 47.0 Å². The van der Waals surface area contributed by atoms with Gasteiger partial charge in [0.1, 0.15) is 12.4 Å². The van der Waals surface area contributed by atoms with Gasteiger partial charge in [0.15, 0.2) is 0 Å². The molecule has 0 atom stereocenters. The van der Waals surface area contributed by atoms with Gasteiger partial charge >= 0.3 is 0 Å². The number of amides is 2. The van der Waals surface area contributed by atoms with Crippen molar-refractivity contribution in [2.75, 3.05) is 13.2 Å². The first-order chi connectivity index (χ1) is 14.0. The van der Waals surface area contributed by atoms with E-state index in [1.807, 2.05) is 42.5 Å². The summed E-state index contributed by atoms with van der Waals surface area (Å²) in [6.45, 7) is 0.376. The van der Waals surface area contributed by atoms with Crippen LogP contribution in [0.4, 0.5) is 4.79 Å². The fourth-order valence-electron chi connectivity index (χ4n) is 3.02. The second-order valence-corrected chi connectivity index (χ2v) is 8.16. The van der Waals surface area contributed by atoms with Crippen LogP contribution >= 0.6 is 35.0 Å². The topological polar surface area (TPSA) is 46.6 Å². The highest BCUT2D eigenvalue weighted by Gasteiger charge is 2.34. The van der Waals surface area contributed by atoms with Crippen molar-refractivity contribution in [1.29, 1.82) is 0 Å². The summed E-state index contributed by atoms with van der Waals surface area (Å²) in [6.07, 6.45) is 1.61. The molecule has 1 fully saturated rings. The maximum Gasteiger partial charge on any atom is 0.293 e. The molecular formula is C22H15Cl2NO3S. The summed E-state index contributed by atoms with van der Waals surface area (Å²) in [5, 5.41) is 2.66. The molecule has 0 saturated carbocycles. The fraction of sp³-hybridized carbons (Fsp3) is 0.0909. The minimum absolute atomic E-state index is 0.166. The van der Waals surface area contributed by atoms with Gasteiger partial charge in [0, 0.05) is 15.4 Å². The maximum absolute atomic E-state index is 12.6. The number of benzene rings is 3. The molecule has 0 bridgehead atoms. The van der Waals surface area contributed by atoms with Crippen LogP contribution in [0.5, 0.6) is 5.75 Å². The summed E-state index contributed by atoms with van der Waals surface area (Å²) in [5.41, 5.74) is 0.633. The minimum Gasteiger partial charge on any atom is -0.491 e. The summed E-state index contributed by atoms with van der Waals surface area (Å²) < 4.78 is 5.85. The van der Waals surface area contributed by atoms with Gasteiger partial charge in [0.25, 0.3) is 11.1 Å². The van der Waals surface area contributed by atoms with Crippen molar-refractivity contribution in [1.82, 2.24) is 4.90 Å². The van der Waals surface area contributed by atoms with E-state index in [0.717, 1.165) is 28.3 Å². The molecule has 0 aromatic heterocycles. The first kappa shape index (κ1) is 19.8. The molecule has 3 aromatic rings. The average molecular weight is 444 g/mol. The van der Waals surface area contributed by atoms with E-state index in [1.54, 1.807) is 24.3 Å². The number of imide groups is 1. The van der Waals surface area contributed by atoms with Crippen LogP contribution in [0.2, 0.25) is 10.0 Å². The molecule has 146 valence electrons. The highest BCUT2D eigenvalue weighted by Crippen LogP contribution is 2.34. The molecule has 1 aliphatic rings. The summed E-state index contributed by atoms with van der Waals surface area (Å²) in [6, 6.07) is 18.7. The van der Waals surface area contributed by atoms with E-state index in [-0.39, 0.29) is 24.3 Å². The lowest BCUT2D eigenvalue weighted by Crippen LogP contribution is -2.32. The highest BCUT2D eigenvalue weighted by atomic mass is 35.5. The number of fused-ring (bicyclic) bond motifs is 1. The Balaban J connectivity index is 1.45. The summed E-state index contributed by atoms with van der Waals surface area (Å²) >= 11 is 12.9. The third-order valence-corrected chi connectivity index (χ3v) is 5.91. The predicted molar refractivity (Wildman–Crippen MR) is 119 cm³/mol. The lowest BCUT2D eigenvalue weighted by molar-refractivity contribution is -0.123. The SMILES string of the molecule is O=C1S/C(=C\c2ccc(Cl)cc2Cl)C(=O)N1CCOc1cccc2ccccc12. The molecule has 0 spiro atoms. The zero-order valence-electron chi connectivity index (χ0n) is 15.1. The van der Waals surface area contributed by atoms with E-state index in [1.165, 1.54) is 4.90 Å². The van der Waals surface area contributed by atoms with Crippen molar-refractivity contribution in [3.63, 3.8) is 0 Å². The standard InChI is InChI=1S/C22H15Cl2NO3S/c23-16-9-8-15(18(24)13-16)12-20-21(26)25(22(27)29-20)10-11-28-19-7-3-5-14-4-1-2-6-17(14)19/h1-9,12-13H,10-11H2/b20-12-. The van der Waals surface area contributed by atoms with Gasteiger partial charge in [-0.1, -0.05) is 65.7 Å². The second kappa shape index (κ2) is 8.49. The normalized spacial score (nSPS) is 15.5. The Morgan fingerprint density at radius 3 is 2.62 bits per heavy atom. The lowest BCUT2D eigenvalue weighted by Gasteiger charge is -2.14. The van der Waals surface area contributed by atoms with Gasteiger partial charge in [-0.3, -0.25) is 14.5 Å². The van der Waals surface area contributed by atoms with Crippen molar-refractivity contribution in [2.24, 2.45) is 0 Å². The van der Waals surface area contributed by atoms with Crippen LogP contribution in [-0.4, -0.2) is 29.2 Å². The van der Waals surface area contributed by atoms with Gasteiger partial charge < -0.3 is 4.74 Å². The van der Waals surface area contributed by atoms with Crippen molar-refractivity contribution < 1.29 is 14.3 Å². The van der Waals surface area contributed by atoms with E-state index in [9.17, 15) is 9.59 Å². The van der Waals surface area contributed by atoms with Gasteiger partial charge in [0.2, 0.25) is 0 Å². The Labute approximate surface area is 182 Å². The molecule has 1 aliphatic heterocycles. The zero-order valence-corrected chi connectivity index (χ0v) is 17.4. The van der Waals surface area contributed by atoms with E-state index >= 15 is 0 Å². The number of thioether (sulfide) groups is 1. The van der Waals surface area contributed by atoms with Gasteiger partial charge in [-0.2, -0.15) is 0 Å². The highest BCUT2D eigenvalue weighted by molar-refractivity contribution is 8.18. The Hall–Kier alpha value is -2.47. The molecular weight excluding hydrogens is 429 g/mol. The van der Waals surface area contributed by atoms with Crippen LogP contribution in [0.25, 0.3) is 16.8 Å². The molecule has 7 heteroatoms. The van der Waals surface area contributed by atoms with Crippen LogP contribution in [0, 0.1) is 0 Å². The monoisotopic (exact) mass is 443 g/mol. The first-order valence-corrected chi connectivity index (χ1v) is 10.4. The molecule has 4 rings (SSSR count). The third-order valence-electron chi connectivity index (χ3n) is 4.44. The number of carbonyl (C=O) groups excluding carboxylic acids is 2. The molecule has 0 unspecified atom stereocenters. The minimum atomic E-state index is -0.354. The van der Waals surface area contributed by atoms with E-state index < -0.39 is 0 Å². The van der Waals surface area contributed by atoms with Gasteiger partial charge in [-0.25, -0.2) is 0 Å². The van der Waals surface area contributed by atoms with Crippen molar-refractivity contribution in [3.8, 4) is 5.75 Å². The number of hydrogen-bond donors (Lipinski definition) is 0. The molecule has 0 radical (unpaired) electrons. The van der Waals surface area contributed by atoms with Crippen LogP contribution in [0.1, 0.15) is 5.56 Å². The Morgan fingerprint density at radius 1 is 1.00 bits per heavy atom. The van der Waals surface area contributed by atoms with E-state index in [0.29, 0.717) is 20.5 Å². The van der Waals surface area contributed by atoms with Crippen molar-refractivity contribution in [2.45, 2.75) is 0 Å². The van der Waals surface area contributed by atoms with Crippen LogP contribution < -0.4 is 4.74 Å². The van der Waals surface area contributed by atoms with Crippen LogP contribution in [0.15, 0.2) is 65.6 Å².